The van der Waals surface area contributed by atoms with E-state index in [1.807, 2.05) is 38.1 Å². The van der Waals surface area contributed by atoms with E-state index in [1.54, 1.807) is 0 Å². The molecule has 1 N–H and O–H groups in total. The van der Waals surface area contributed by atoms with Gasteiger partial charge in [-0.05, 0) is 69.7 Å². The fourth-order valence-corrected chi connectivity index (χ4v) is 3.59. The van der Waals surface area contributed by atoms with Crippen molar-refractivity contribution in [1.82, 2.24) is 10.2 Å². The summed E-state index contributed by atoms with van der Waals surface area (Å²) in [7, 11) is 0. The van der Waals surface area contributed by atoms with Crippen LogP contribution in [-0.4, -0.2) is 36.5 Å². The van der Waals surface area contributed by atoms with Gasteiger partial charge in [0.15, 0.2) is 0 Å². The van der Waals surface area contributed by atoms with E-state index in [0.29, 0.717) is 6.04 Å². The number of hydrogen-bond acceptors (Lipinski definition) is 2. The van der Waals surface area contributed by atoms with Crippen LogP contribution < -0.4 is 5.32 Å². The molecule has 0 bridgehead atoms. The summed E-state index contributed by atoms with van der Waals surface area (Å²) in [5.41, 5.74) is 0.620. The van der Waals surface area contributed by atoms with Crippen molar-refractivity contribution in [2.24, 2.45) is 5.92 Å². The molecule has 4 heteroatoms. The molecule has 1 aliphatic carbocycles. The lowest BCUT2D eigenvalue weighted by Crippen LogP contribution is -2.50. The van der Waals surface area contributed by atoms with Crippen molar-refractivity contribution in [3.05, 3.63) is 34.3 Å². The first-order chi connectivity index (χ1) is 11.0. The van der Waals surface area contributed by atoms with Gasteiger partial charge in [-0.3, -0.25) is 4.79 Å². The summed E-state index contributed by atoms with van der Waals surface area (Å²) in [5, 5.41) is 3.68. The van der Waals surface area contributed by atoms with Crippen LogP contribution in [0.5, 0.6) is 0 Å². The molecule has 3 rings (SSSR count). The highest BCUT2D eigenvalue weighted by Gasteiger charge is 2.35. The smallest absolute Gasteiger partial charge is 0.232 e. The molecule has 126 valence electrons. The summed E-state index contributed by atoms with van der Waals surface area (Å²) in [4.78, 5) is 15.0. The summed E-state index contributed by atoms with van der Waals surface area (Å²) in [6.07, 6.45) is 4.95. The van der Waals surface area contributed by atoms with Crippen LogP contribution in [0.4, 0.5) is 0 Å². The first kappa shape index (κ1) is 17.0. The Bertz CT molecular complexity index is 543. The zero-order chi connectivity index (χ0) is 16.4. The van der Waals surface area contributed by atoms with Gasteiger partial charge < -0.3 is 10.2 Å². The van der Waals surface area contributed by atoms with Gasteiger partial charge in [0.1, 0.15) is 0 Å². The maximum atomic E-state index is 13.0. The number of halogens is 1. The summed E-state index contributed by atoms with van der Waals surface area (Å²) >= 11 is 3.46. The van der Waals surface area contributed by atoms with Crippen molar-refractivity contribution < 1.29 is 4.79 Å². The van der Waals surface area contributed by atoms with Crippen molar-refractivity contribution in [1.29, 1.82) is 0 Å². The van der Waals surface area contributed by atoms with Gasteiger partial charge >= 0.3 is 0 Å². The molecular weight excluding hydrogens is 352 g/mol. The Kier molecular flexibility index (Phi) is 5.12. The third-order valence-electron chi connectivity index (χ3n) is 5.27. The first-order valence-electron chi connectivity index (χ1n) is 8.75. The molecule has 1 amide bonds. The number of carbonyl (C=O) groups excluding carboxylic acids is 1. The number of piperidine rings is 1. The number of likely N-dealkylation sites (tertiary alicyclic amines) is 1. The average Bonchev–Trinajstić information content (AvgIpc) is 3.37. The van der Waals surface area contributed by atoms with Gasteiger partial charge in [0.25, 0.3) is 0 Å². The van der Waals surface area contributed by atoms with E-state index < -0.39 is 5.41 Å². The van der Waals surface area contributed by atoms with Crippen LogP contribution in [0.15, 0.2) is 28.7 Å². The maximum absolute atomic E-state index is 13.0. The number of hydrogen-bond donors (Lipinski definition) is 1. The second kappa shape index (κ2) is 6.94. The van der Waals surface area contributed by atoms with Crippen molar-refractivity contribution in [2.45, 2.75) is 51.0 Å². The zero-order valence-electron chi connectivity index (χ0n) is 14.1. The molecule has 1 aliphatic heterocycles. The van der Waals surface area contributed by atoms with Crippen molar-refractivity contribution >= 4 is 21.8 Å². The van der Waals surface area contributed by atoms with E-state index in [0.717, 1.165) is 41.9 Å². The van der Waals surface area contributed by atoms with Crippen LogP contribution in [-0.2, 0) is 10.2 Å². The van der Waals surface area contributed by atoms with E-state index in [9.17, 15) is 4.79 Å². The third-order valence-corrected chi connectivity index (χ3v) is 5.80. The highest BCUT2D eigenvalue weighted by atomic mass is 79.9. The second-order valence-electron chi connectivity index (χ2n) is 7.55. The monoisotopic (exact) mass is 378 g/mol. The minimum absolute atomic E-state index is 0.250. The lowest BCUT2D eigenvalue weighted by molar-refractivity contribution is -0.137. The predicted octanol–water partition coefficient (Wildman–Crippen LogP) is 3.72. The van der Waals surface area contributed by atoms with E-state index in [1.165, 1.54) is 19.4 Å². The van der Waals surface area contributed by atoms with Crippen molar-refractivity contribution in [3.63, 3.8) is 0 Å². The molecule has 0 unspecified atom stereocenters. The Morgan fingerprint density at radius 1 is 1.17 bits per heavy atom. The number of rotatable bonds is 5. The molecule has 3 nitrogen and oxygen atoms in total. The Morgan fingerprint density at radius 3 is 2.35 bits per heavy atom. The first-order valence-corrected chi connectivity index (χ1v) is 9.55. The van der Waals surface area contributed by atoms with Gasteiger partial charge in [-0.25, -0.2) is 0 Å². The molecular formula is C19H27BrN2O. The van der Waals surface area contributed by atoms with Crippen LogP contribution in [0, 0.1) is 5.92 Å². The Labute approximate surface area is 148 Å². The highest BCUT2D eigenvalue weighted by molar-refractivity contribution is 9.10. The van der Waals surface area contributed by atoms with Crippen LogP contribution in [0.1, 0.15) is 45.1 Å². The number of amides is 1. The molecule has 1 saturated heterocycles. The molecule has 1 aromatic rings. The third kappa shape index (κ3) is 4.16. The average molecular weight is 379 g/mol. The lowest BCUT2D eigenvalue weighted by Gasteiger charge is -2.37. The van der Waals surface area contributed by atoms with Crippen LogP contribution >= 0.6 is 15.9 Å². The van der Waals surface area contributed by atoms with Crippen LogP contribution in [0.3, 0.4) is 0 Å². The van der Waals surface area contributed by atoms with Crippen molar-refractivity contribution in [2.75, 3.05) is 19.6 Å². The van der Waals surface area contributed by atoms with E-state index in [2.05, 4.69) is 26.1 Å². The number of nitrogens with one attached hydrogen (secondary N) is 1. The minimum atomic E-state index is -0.463. The van der Waals surface area contributed by atoms with Gasteiger partial charge in [0.05, 0.1) is 5.41 Å². The quantitative estimate of drug-likeness (QED) is 0.846. The molecule has 0 spiro atoms. The molecule has 23 heavy (non-hydrogen) atoms. The number of nitrogens with zero attached hydrogens (tertiary/aromatic N) is 1. The van der Waals surface area contributed by atoms with Gasteiger partial charge in [-0.2, -0.15) is 0 Å². The van der Waals surface area contributed by atoms with E-state index >= 15 is 0 Å². The predicted molar refractivity (Wildman–Crippen MR) is 97.5 cm³/mol. The second-order valence-corrected chi connectivity index (χ2v) is 8.47. The van der Waals surface area contributed by atoms with Gasteiger partial charge in [0, 0.05) is 23.6 Å². The lowest BCUT2D eigenvalue weighted by atomic mass is 9.82. The maximum Gasteiger partial charge on any atom is 0.232 e. The van der Waals surface area contributed by atoms with E-state index in [4.69, 9.17) is 0 Å². The van der Waals surface area contributed by atoms with Crippen LogP contribution in [0.25, 0.3) is 0 Å². The van der Waals surface area contributed by atoms with Gasteiger partial charge in [0.2, 0.25) is 5.91 Å². The topological polar surface area (TPSA) is 32.3 Å². The largest absolute Gasteiger partial charge is 0.342 e. The Morgan fingerprint density at radius 2 is 1.78 bits per heavy atom. The molecule has 0 aromatic heterocycles. The number of carbonyl (C=O) groups is 1. The zero-order valence-corrected chi connectivity index (χ0v) is 15.7. The molecule has 1 heterocycles. The SMILES string of the molecule is CC(C)(C(=O)N1CCC(NCC2CC2)CC1)c1ccc(Br)cc1. The molecule has 1 saturated carbocycles. The minimum Gasteiger partial charge on any atom is -0.342 e. The molecule has 0 atom stereocenters. The molecule has 2 aliphatic rings. The standard InChI is InChI=1S/C19H27BrN2O/c1-19(2,15-5-7-16(20)8-6-15)18(23)22-11-9-17(10-12-22)21-13-14-3-4-14/h5-8,14,17,21H,3-4,9-13H2,1-2H3. The van der Waals surface area contributed by atoms with Crippen molar-refractivity contribution in [3.8, 4) is 0 Å². The fourth-order valence-electron chi connectivity index (χ4n) is 3.33. The normalized spacial score (nSPS) is 19.9. The van der Waals surface area contributed by atoms with Gasteiger partial charge in [-0.15, -0.1) is 0 Å². The summed E-state index contributed by atoms with van der Waals surface area (Å²) < 4.78 is 1.05. The summed E-state index contributed by atoms with van der Waals surface area (Å²) in [6.45, 7) is 7.00. The van der Waals surface area contributed by atoms with Gasteiger partial charge in [-0.1, -0.05) is 28.1 Å². The number of benzene rings is 1. The summed E-state index contributed by atoms with van der Waals surface area (Å²) in [5.74, 6) is 1.17. The summed E-state index contributed by atoms with van der Waals surface area (Å²) in [6, 6.07) is 8.71. The molecule has 1 aromatic carbocycles. The Balaban J connectivity index is 1.56. The molecule has 2 fully saturated rings. The highest BCUT2D eigenvalue weighted by Crippen LogP contribution is 2.30. The fraction of sp³-hybridized carbons (Fsp3) is 0.632. The van der Waals surface area contributed by atoms with Crippen LogP contribution in [0.2, 0.25) is 0 Å². The van der Waals surface area contributed by atoms with E-state index in [-0.39, 0.29) is 5.91 Å². The molecule has 0 radical (unpaired) electrons. The Hall–Kier alpha value is -0.870.